The Morgan fingerprint density at radius 1 is 1.08 bits per heavy atom. The number of thioether (sulfide) groups is 1. The van der Waals surface area contributed by atoms with Crippen molar-refractivity contribution in [3.05, 3.63) is 77.1 Å². The summed E-state index contributed by atoms with van der Waals surface area (Å²) in [6.45, 7) is 3.78. The van der Waals surface area contributed by atoms with Crippen molar-refractivity contribution in [2.24, 2.45) is 0 Å². The van der Waals surface area contributed by atoms with Gasteiger partial charge in [-0.05, 0) is 31.5 Å². The van der Waals surface area contributed by atoms with Gasteiger partial charge in [-0.1, -0.05) is 59.8 Å². The summed E-state index contributed by atoms with van der Waals surface area (Å²) in [6, 6.07) is 17.6. The summed E-state index contributed by atoms with van der Waals surface area (Å²) in [5.74, 6) is 1.23. The van der Waals surface area contributed by atoms with Crippen LogP contribution in [0.1, 0.15) is 27.3 Å². The van der Waals surface area contributed by atoms with Crippen LogP contribution in [0.3, 0.4) is 0 Å². The number of carbonyl (C=O) groups is 1. The lowest BCUT2D eigenvalue weighted by Gasteiger charge is -2.10. The maximum Gasteiger partial charge on any atom is 0.270 e. The first-order valence-electron chi connectivity index (χ1n) is 7.60. The molecule has 1 heterocycles. The molecule has 0 saturated carbocycles. The molecule has 0 aliphatic rings. The van der Waals surface area contributed by atoms with Gasteiger partial charge in [0.15, 0.2) is 0 Å². The first-order valence-corrected chi connectivity index (χ1v) is 8.59. The molecule has 1 aromatic heterocycles. The number of nitrogens with one attached hydrogen (secondary N) is 1. The molecule has 2 aromatic carbocycles. The highest BCUT2D eigenvalue weighted by molar-refractivity contribution is 7.98. The van der Waals surface area contributed by atoms with Gasteiger partial charge in [-0.2, -0.15) is 0 Å². The number of hydrogen-bond donors (Lipinski definition) is 1. The highest BCUT2D eigenvalue weighted by atomic mass is 32.2. The fourth-order valence-corrected chi connectivity index (χ4v) is 3.13. The molecule has 0 spiro atoms. The maximum atomic E-state index is 12.4. The van der Waals surface area contributed by atoms with Gasteiger partial charge in [0.1, 0.15) is 5.82 Å². The Balaban J connectivity index is 1.74. The van der Waals surface area contributed by atoms with Crippen LogP contribution in [0.5, 0.6) is 0 Å². The van der Waals surface area contributed by atoms with Crippen molar-refractivity contribution in [2.75, 3.05) is 5.43 Å². The molecule has 122 valence electrons. The molecule has 24 heavy (non-hydrogen) atoms. The molecule has 0 bridgehead atoms. The van der Waals surface area contributed by atoms with Gasteiger partial charge in [-0.15, -0.1) is 10.2 Å². The number of aryl methyl sites for hydroxylation is 2. The second kappa shape index (κ2) is 7.31. The summed E-state index contributed by atoms with van der Waals surface area (Å²) in [5, 5.41) is 8.89. The third-order valence-electron chi connectivity index (χ3n) is 3.50. The van der Waals surface area contributed by atoms with E-state index in [1.807, 2.05) is 50.2 Å². The average Bonchev–Trinajstić information content (AvgIpc) is 2.94. The quantitative estimate of drug-likeness (QED) is 0.723. The zero-order valence-electron chi connectivity index (χ0n) is 13.6. The molecule has 3 aromatic rings. The highest BCUT2D eigenvalue weighted by Crippen LogP contribution is 2.21. The van der Waals surface area contributed by atoms with Crippen LogP contribution in [0, 0.1) is 13.8 Å². The average molecular weight is 338 g/mol. The van der Waals surface area contributed by atoms with Gasteiger partial charge >= 0.3 is 0 Å². The van der Waals surface area contributed by atoms with Gasteiger partial charge in [-0.3, -0.25) is 10.2 Å². The molecular formula is C18H18N4OS. The SMILES string of the molecule is Cc1cccc(C(=O)Nn2c(C)nnc2SCc2ccccc2)c1. The monoisotopic (exact) mass is 338 g/mol. The standard InChI is InChI=1S/C18H18N4OS/c1-13-7-6-10-16(11-13)17(23)21-22-14(2)19-20-18(22)24-12-15-8-4-3-5-9-15/h3-11H,12H2,1-2H3,(H,21,23). The molecule has 0 atom stereocenters. The van der Waals surface area contributed by atoms with E-state index in [0.29, 0.717) is 16.5 Å². The van der Waals surface area contributed by atoms with Gasteiger partial charge < -0.3 is 0 Å². The fraction of sp³-hybridized carbons (Fsp3) is 0.167. The minimum atomic E-state index is -0.178. The van der Waals surface area contributed by atoms with E-state index in [2.05, 4.69) is 27.8 Å². The van der Waals surface area contributed by atoms with Crippen molar-refractivity contribution in [2.45, 2.75) is 24.8 Å². The van der Waals surface area contributed by atoms with Crippen molar-refractivity contribution in [3.8, 4) is 0 Å². The molecule has 1 N–H and O–H groups in total. The number of nitrogens with zero attached hydrogens (tertiary/aromatic N) is 3. The summed E-state index contributed by atoms with van der Waals surface area (Å²) < 4.78 is 1.64. The molecule has 3 rings (SSSR count). The van der Waals surface area contributed by atoms with Crippen LogP contribution in [-0.4, -0.2) is 20.8 Å². The molecule has 0 unspecified atom stereocenters. The molecular weight excluding hydrogens is 320 g/mol. The third-order valence-corrected chi connectivity index (χ3v) is 4.50. The van der Waals surface area contributed by atoms with Crippen LogP contribution in [-0.2, 0) is 5.75 Å². The first-order chi connectivity index (χ1) is 11.6. The largest absolute Gasteiger partial charge is 0.270 e. The van der Waals surface area contributed by atoms with Gasteiger partial charge in [0.25, 0.3) is 5.91 Å². The van der Waals surface area contributed by atoms with Crippen molar-refractivity contribution >= 4 is 17.7 Å². The third kappa shape index (κ3) is 3.83. The summed E-state index contributed by atoms with van der Waals surface area (Å²) >= 11 is 1.54. The summed E-state index contributed by atoms with van der Waals surface area (Å²) in [4.78, 5) is 12.4. The predicted molar refractivity (Wildman–Crippen MR) is 95.6 cm³/mol. The number of carbonyl (C=O) groups excluding carboxylic acids is 1. The highest BCUT2D eigenvalue weighted by Gasteiger charge is 2.13. The Morgan fingerprint density at radius 2 is 1.88 bits per heavy atom. The smallest absolute Gasteiger partial charge is 0.267 e. The van der Waals surface area contributed by atoms with E-state index in [9.17, 15) is 4.79 Å². The first kappa shape index (κ1) is 16.3. The van der Waals surface area contributed by atoms with Crippen molar-refractivity contribution in [3.63, 3.8) is 0 Å². The van der Waals surface area contributed by atoms with Crippen LogP contribution in [0.15, 0.2) is 59.8 Å². The van der Waals surface area contributed by atoms with E-state index in [-0.39, 0.29) is 5.91 Å². The number of aromatic nitrogens is 3. The van der Waals surface area contributed by atoms with E-state index in [0.717, 1.165) is 11.3 Å². The molecule has 6 heteroatoms. The van der Waals surface area contributed by atoms with E-state index in [1.165, 1.54) is 17.3 Å². The Morgan fingerprint density at radius 3 is 2.62 bits per heavy atom. The van der Waals surface area contributed by atoms with Crippen LogP contribution in [0.4, 0.5) is 0 Å². The normalized spacial score (nSPS) is 10.6. The van der Waals surface area contributed by atoms with Gasteiger partial charge in [0.2, 0.25) is 5.16 Å². The van der Waals surface area contributed by atoms with Crippen molar-refractivity contribution < 1.29 is 4.79 Å². The summed E-state index contributed by atoms with van der Waals surface area (Å²) in [7, 11) is 0. The second-order valence-corrected chi connectivity index (χ2v) is 6.39. The lowest BCUT2D eigenvalue weighted by atomic mass is 10.1. The number of benzene rings is 2. The Labute approximate surface area is 145 Å². The number of amides is 1. The zero-order valence-corrected chi connectivity index (χ0v) is 14.4. The van der Waals surface area contributed by atoms with Crippen molar-refractivity contribution in [1.82, 2.24) is 14.9 Å². The predicted octanol–water partition coefficient (Wildman–Crippen LogP) is 3.57. The molecule has 1 amide bonds. The lowest BCUT2D eigenvalue weighted by molar-refractivity contribution is 0.100. The molecule has 0 aliphatic carbocycles. The molecule has 5 nitrogen and oxygen atoms in total. The Hall–Kier alpha value is -2.60. The maximum absolute atomic E-state index is 12.4. The molecule has 0 radical (unpaired) electrons. The van der Waals surface area contributed by atoms with Gasteiger partial charge in [-0.25, -0.2) is 4.68 Å². The topological polar surface area (TPSA) is 59.8 Å². The van der Waals surface area contributed by atoms with E-state index in [4.69, 9.17) is 0 Å². The van der Waals surface area contributed by atoms with Crippen LogP contribution in [0.25, 0.3) is 0 Å². The Kier molecular flexibility index (Phi) is 4.96. The van der Waals surface area contributed by atoms with Crippen molar-refractivity contribution in [1.29, 1.82) is 0 Å². The minimum absolute atomic E-state index is 0.178. The van der Waals surface area contributed by atoms with Gasteiger partial charge in [0, 0.05) is 11.3 Å². The van der Waals surface area contributed by atoms with E-state index < -0.39 is 0 Å². The van der Waals surface area contributed by atoms with E-state index in [1.54, 1.807) is 10.7 Å². The molecule has 0 fully saturated rings. The second-order valence-electron chi connectivity index (χ2n) is 5.45. The minimum Gasteiger partial charge on any atom is -0.267 e. The van der Waals surface area contributed by atoms with Crippen LogP contribution in [0.2, 0.25) is 0 Å². The molecule has 0 aliphatic heterocycles. The summed E-state index contributed by atoms with van der Waals surface area (Å²) in [6.07, 6.45) is 0. The van der Waals surface area contributed by atoms with Gasteiger partial charge in [0.05, 0.1) is 0 Å². The number of hydrogen-bond acceptors (Lipinski definition) is 4. The zero-order chi connectivity index (χ0) is 16.9. The van der Waals surface area contributed by atoms with E-state index >= 15 is 0 Å². The fourth-order valence-electron chi connectivity index (χ4n) is 2.24. The van der Waals surface area contributed by atoms with Crippen LogP contribution < -0.4 is 5.43 Å². The van der Waals surface area contributed by atoms with Crippen LogP contribution >= 0.6 is 11.8 Å². The lowest BCUT2D eigenvalue weighted by Crippen LogP contribution is -2.24. The molecule has 0 saturated heterocycles. The number of rotatable bonds is 5. The Bertz CT molecular complexity index is 845. The summed E-state index contributed by atoms with van der Waals surface area (Å²) in [5.41, 5.74) is 5.72.